The second kappa shape index (κ2) is 5.98. The standard InChI is InChI=1S/C15H9NO5S2/c17-12(18)6-16-14(20)11(23-15(16)22)5-8-7-21-10-4-2-1-3-9(10)13(8)19/h1-5,7H,6H2,(H,17,18). The van der Waals surface area contributed by atoms with Gasteiger partial charge in [-0.1, -0.05) is 36.1 Å². The van der Waals surface area contributed by atoms with Crippen LogP contribution in [0, 0.1) is 0 Å². The molecule has 0 radical (unpaired) electrons. The molecule has 1 aromatic heterocycles. The molecule has 0 unspecified atom stereocenters. The van der Waals surface area contributed by atoms with Gasteiger partial charge < -0.3 is 9.52 Å². The molecule has 3 rings (SSSR count). The van der Waals surface area contributed by atoms with E-state index in [0.717, 1.165) is 16.7 Å². The van der Waals surface area contributed by atoms with Crippen LogP contribution in [0.1, 0.15) is 5.56 Å². The number of thiocarbonyl (C=S) groups is 1. The summed E-state index contributed by atoms with van der Waals surface area (Å²) < 4.78 is 5.53. The summed E-state index contributed by atoms with van der Waals surface area (Å²) in [5, 5.41) is 9.21. The Bertz CT molecular complexity index is 931. The van der Waals surface area contributed by atoms with E-state index < -0.39 is 18.4 Å². The predicted molar refractivity (Wildman–Crippen MR) is 90.0 cm³/mol. The van der Waals surface area contributed by atoms with E-state index in [4.69, 9.17) is 21.7 Å². The molecule has 1 amide bonds. The minimum atomic E-state index is -1.16. The van der Waals surface area contributed by atoms with Crippen molar-refractivity contribution >= 4 is 57.2 Å². The first kappa shape index (κ1) is 15.4. The molecule has 8 heteroatoms. The number of fused-ring (bicyclic) bond motifs is 1. The second-order valence-corrected chi connectivity index (χ2v) is 6.35. The molecule has 23 heavy (non-hydrogen) atoms. The van der Waals surface area contributed by atoms with Gasteiger partial charge in [-0.3, -0.25) is 19.3 Å². The normalized spacial score (nSPS) is 16.5. The molecule has 6 nitrogen and oxygen atoms in total. The van der Waals surface area contributed by atoms with E-state index in [1.54, 1.807) is 24.3 Å². The van der Waals surface area contributed by atoms with E-state index in [2.05, 4.69) is 0 Å². The first-order valence-corrected chi connectivity index (χ1v) is 7.67. The summed E-state index contributed by atoms with van der Waals surface area (Å²) in [6.07, 6.45) is 2.65. The molecule has 1 saturated heterocycles. The predicted octanol–water partition coefficient (Wildman–Crippen LogP) is 2.08. The Hall–Kier alpha value is -2.45. The van der Waals surface area contributed by atoms with E-state index in [1.807, 2.05) is 0 Å². The van der Waals surface area contributed by atoms with Crippen LogP contribution in [0.15, 0.2) is 44.6 Å². The molecule has 1 N–H and O–H groups in total. The number of benzene rings is 1. The van der Waals surface area contributed by atoms with Crippen molar-refractivity contribution in [3.63, 3.8) is 0 Å². The molecule has 1 aliphatic heterocycles. The van der Waals surface area contributed by atoms with Gasteiger partial charge in [-0.2, -0.15) is 0 Å². The van der Waals surface area contributed by atoms with Crippen LogP contribution in [0.2, 0.25) is 0 Å². The topological polar surface area (TPSA) is 87.8 Å². The summed E-state index contributed by atoms with van der Waals surface area (Å²) in [6.45, 7) is -0.506. The van der Waals surface area contributed by atoms with Gasteiger partial charge in [0.1, 0.15) is 22.7 Å². The zero-order valence-electron chi connectivity index (χ0n) is 11.5. The van der Waals surface area contributed by atoms with Gasteiger partial charge in [0.05, 0.1) is 15.9 Å². The summed E-state index contributed by atoms with van der Waals surface area (Å²) in [7, 11) is 0. The highest BCUT2D eigenvalue weighted by Gasteiger charge is 2.33. The fraction of sp³-hybridized carbons (Fsp3) is 0.0667. The maximum atomic E-state index is 12.4. The molecule has 0 atom stereocenters. The number of hydrogen-bond acceptors (Lipinski definition) is 6. The van der Waals surface area contributed by atoms with Gasteiger partial charge in [-0.05, 0) is 18.2 Å². The lowest BCUT2D eigenvalue weighted by Gasteiger charge is -2.10. The SMILES string of the molecule is O=C(O)CN1C(=O)C(=Cc2coc3ccccc3c2=O)SC1=S. The van der Waals surface area contributed by atoms with Crippen LogP contribution in [0.3, 0.4) is 0 Å². The number of aliphatic carboxylic acids is 1. The van der Waals surface area contributed by atoms with Crippen molar-refractivity contribution in [1.29, 1.82) is 0 Å². The highest BCUT2D eigenvalue weighted by Crippen LogP contribution is 2.32. The zero-order chi connectivity index (χ0) is 16.6. The molecule has 0 bridgehead atoms. The van der Waals surface area contributed by atoms with E-state index in [0.29, 0.717) is 11.0 Å². The lowest BCUT2D eigenvalue weighted by Crippen LogP contribution is -2.33. The quantitative estimate of drug-likeness (QED) is 0.672. The van der Waals surface area contributed by atoms with Crippen LogP contribution in [-0.4, -0.2) is 32.7 Å². The van der Waals surface area contributed by atoms with Crippen molar-refractivity contribution in [3.8, 4) is 0 Å². The van der Waals surface area contributed by atoms with Crippen LogP contribution >= 0.6 is 24.0 Å². The molecule has 0 saturated carbocycles. The number of carboxylic acids is 1. The van der Waals surface area contributed by atoms with Crippen molar-refractivity contribution in [2.24, 2.45) is 0 Å². The molecule has 2 aromatic rings. The van der Waals surface area contributed by atoms with Crippen LogP contribution < -0.4 is 5.43 Å². The lowest BCUT2D eigenvalue weighted by atomic mass is 10.1. The number of thioether (sulfide) groups is 1. The molecule has 2 heterocycles. The minimum Gasteiger partial charge on any atom is -0.480 e. The highest BCUT2D eigenvalue weighted by atomic mass is 32.2. The first-order valence-electron chi connectivity index (χ1n) is 6.45. The Morgan fingerprint density at radius 2 is 2.09 bits per heavy atom. The van der Waals surface area contributed by atoms with Crippen molar-refractivity contribution in [1.82, 2.24) is 4.90 Å². The van der Waals surface area contributed by atoms with Gasteiger partial charge in [0.15, 0.2) is 5.43 Å². The summed E-state index contributed by atoms with van der Waals surface area (Å²) in [6, 6.07) is 6.78. The number of hydrogen-bond donors (Lipinski definition) is 1. The maximum Gasteiger partial charge on any atom is 0.323 e. The number of carbonyl (C=O) groups excluding carboxylic acids is 1. The van der Waals surface area contributed by atoms with Gasteiger partial charge in [0.25, 0.3) is 5.91 Å². The third-order valence-corrected chi connectivity index (χ3v) is 4.54. The van der Waals surface area contributed by atoms with Gasteiger partial charge in [-0.25, -0.2) is 0 Å². The third-order valence-electron chi connectivity index (χ3n) is 3.16. The van der Waals surface area contributed by atoms with Crippen molar-refractivity contribution in [2.75, 3.05) is 6.54 Å². The summed E-state index contributed by atoms with van der Waals surface area (Å²) in [5.74, 6) is -1.69. The number of rotatable bonds is 3. The summed E-state index contributed by atoms with van der Waals surface area (Å²) in [4.78, 5) is 36.5. The van der Waals surface area contributed by atoms with Gasteiger partial charge in [0.2, 0.25) is 0 Å². The molecule has 0 spiro atoms. The highest BCUT2D eigenvalue weighted by molar-refractivity contribution is 8.26. The Balaban J connectivity index is 2.01. The van der Waals surface area contributed by atoms with Crippen LogP contribution in [-0.2, 0) is 9.59 Å². The Labute approximate surface area is 139 Å². The number of carbonyl (C=O) groups is 2. The molecule has 1 aromatic carbocycles. The van der Waals surface area contributed by atoms with Gasteiger partial charge in [-0.15, -0.1) is 0 Å². The maximum absolute atomic E-state index is 12.4. The fourth-order valence-corrected chi connectivity index (χ4v) is 3.35. The van der Waals surface area contributed by atoms with Crippen molar-refractivity contribution < 1.29 is 19.1 Å². The summed E-state index contributed by atoms with van der Waals surface area (Å²) >= 11 is 5.96. The van der Waals surface area contributed by atoms with Crippen LogP contribution in [0.4, 0.5) is 0 Å². The lowest BCUT2D eigenvalue weighted by molar-refractivity contribution is -0.140. The van der Waals surface area contributed by atoms with Gasteiger partial charge in [0, 0.05) is 0 Å². The molecule has 1 fully saturated rings. The third kappa shape index (κ3) is 2.90. The van der Waals surface area contributed by atoms with Crippen LogP contribution in [0.5, 0.6) is 0 Å². The van der Waals surface area contributed by atoms with E-state index >= 15 is 0 Å². The zero-order valence-corrected chi connectivity index (χ0v) is 13.1. The van der Waals surface area contributed by atoms with Crippen molar-refractivity contribution in [3.05, 3.63) is 51.2 Å². The molecular formula is C15H9NO5S2. The molecule has 116 valence electrons. The van der Waals surface area contributed by atoms with E-state index in [1.165, 1.54) is 12.3 Å². The molecule has 0 aliphatic carbocycles. The number of amides is 1. The fourth-order valence-electron chi connectivity index (χ4n) is 2.11. The van der Waals surface area contributed by atoms with E-state index in [9.17, 15) is 14.4 Å². The summed E-state index contributed by atoms with van der Waals surface area (Å²) in [5.41, 5.74) is 0.392. The van der Waals surface area contributed by atoms with Crippen molar-refractivity contribution in [2.45, 2.75) is 0 Å². The van der Waals surface area contributed by atoms with Crippen LogP contribution in [0.25, 0.3) is 17.0 Å². The Morgan fingerprint density at radius 1 is 1.35 bits per heavy atom. The number of para-hydroxylation sites is 1. The van der Waals surface area contributed by atoms with E-state index in [-0.39, 0.29) is 20.2 Å². The number of nitrogens with zero attached hydrogens (tertiary/aromatic N) is 1. The monoisotopic (exact) mass is 347 g/mol. The average Bonchev–Trinajstić information content (AvgIpc) is 2.77. The smallest absolute Gasteiger partial charge is 0.323 e. The second-order valence-electron chi connectivity index (χ2n) is 4.68. The largest absolute Gasteiger partial charge is 0.480 e. The average molecular weight is 347 g/mol. The Morgan fingerprint density at radius 3 is 2.83 bits per heavy atom. The molecular weight excluding hydrogens is 338 g/mol. The molecule has 1 aliphatic rings. The first-order chi connectivity index (χ1) is 11.0. The Kier molecular flexibility index (Phi) is 4.01. The van der Waals surface area contributed by atoms with Gasteiger partial charge >= 0.3 is 5.97 Å². The minimum absolute atomic E-state index is 0.147. The number of carboxylic acid groups (broad SMARTS) is 1.